The molecule has 18 heavy (non-hydrogen) atoms. The molecular weight excluding hydrogens is 274 g/mol. The smallest absolute Gasteiger partial charge is 0.320 e. The lowest BCUT2D eigenvalue weighted by molar-refractivity contribution is -0.137. The van der Waals surface area contributed by atoms with Crippen LogP contribution in [0.2, 0.25) is 0 Å². The van der Waals surface area contributed by atoms with Crippen molar-refractivity contribution in [3.63, 3.8) is 0 Å². The summed E-state index contributed by atoms with van der Waals surface area (Å²) in [6.07, 6.45) is 0. The maximum Gasteiger partial charge on any atom is 0.320 e. The Hall–Kier alpha value is -1.47. The number of methoxy groups -OCH3 is 1. The average Bonchev–Trinajstić information content (AvgIpc) is 2.28. The van der Waals surface area contributed by atoms with Crippen LogP contribution in [0.15, 0.2) is 24.3 Å². The van der Waals surface area contributed by atoms with Crippen LogP contribution in [0.3, 0.4) is 0 Å². The third-order valence-corrected chi connectivity index (χ3v) is 3.87. The summed E-state index contributed by atoms with van der Waals surface area (Å²) in [6.45, 7) is 0. The lowest BCUT2D eigenvalue weighted by Crippen LogP contribution is -2.18. The van der Waals surface area contributed by atoms with Gasteiger partial charge in [-0.1, -0.05) is 36.5 Å². The molecule has 0 aliphatic heterocycles. The highest BCUT2D eigenvalue weighted by molar-refractivity contribution is 7.91. The van der Waals surface area contributed by atoms with Crippen LogP contribution in [-0.4, -0.2) is 32.2 Å². The quantitative estimate of drug-likeness (QED) is 0.623. The predicted molar refractivity (Wildman–Crippen MR) is 71.8 cm³/mol. The van der Waals surface area contributed by atoms with Gasteiger partial charge in [0.05, 0.1) is 12.9 Å². The fourth-order valence-electron chi connectivity index (χ4n) is 1.31. The van der Waals surface area contributed by atoms with E-state index in [0.29, 0.717) is 11.1 Å². The Morgan fingerprint density at radius 2 is 1.89 bits per heavy atom. The summed E-state index contributed by atoms with van der Waals surface area (Å²) in [4.78, 5) is 11.2. The maximum atomic E-state index is 11.6. The van der Waals surface area contributed by atoms with E-state index in [9.17, 15) is 13.2 Å². The van der Waals surface area contributed by atoms with E-state index < -0.39 is 21.6 Å². The second-order valence-electron chi connectivity index (χ2n) is 3.67. The Balaban J connectivity index is 2.78. The first-order valence-electron chi connectivity index (χ1n) is 5.00. The number of rotatable bonds is 5. The molecule has 0 aliphatic rings. The van der Waals surface area contributed by atoms with Crippen molar-refractivity contribution in [1.82, 2.24) is 0 Å². The number of carbonyl (C=O) groups excluding carboxylic acids is 1. The highest BCUT2D eigenvalue weighted by Gasteiger charge is 2.17. The van der Waals surface area contributed by atoms with E-state index in [1.165, 1.54) is 0 Å². The highest BCUT2D eigenvalue weighted by Crippen LogP contribution is 2.09. The lowest BCUT2D eigenvalue weighted by Gasteiger charge is -2.04. The fraction of sp³-hybridized carbons (Fsp3) is 0.273. The summed E-state index contributed by atoms with van der Waals surface area (Å²) in [6, 6.07) is 6.52. The Morgan fingerprint density at radius 1 is 1.33 bits per heavy atom. The molecule has 0 aliphatic carbocycles. The van der Waals surface area contributed by atoms with E-state index in [1.54, 1.807) is 24.3 Å². The normalized spacial score (nSPS) is 10.9. The molecule has 0 radical (unpaired) electrons. The fourth-order valence-corrected chi connectivity index (χ4v) is 2.72. The number of sulfone groups is 1. The number of benzene rings is 1. The molecule has 0 bridgehead atoms. The van der Waals surface area contributed by atoms with Gasteiger partial charge in [-0.25, -0.2) is 8.42 Å². The van der Waals surface area contributed by atoms with Crippen molar-refractivity contribution < 1.29 is 17.9 Å². The minimum absolute atomic E-state index is 0.223. The van der Waals surface area contributed by atoms with Crippen molar-refractivity contribution in [2.75, 3.05) is 12.9 Å². The predicted octanol–water partition coefficient (Wildman–Crippen LogP) is 0.409. The Labute approximate surface area is 111 Å². The van der Waals surface area contributed by atoms with Crippen molar-refractivity contribution in [3.05, 3.63) is 35.4 Å². The largest absolute Gasteiger partial charge is 0.468 e. The Kier molecular flexibility index (Phi) is 4.80. The lowest BCUT2D eigenvalue weighted by atomic mass is 10.1. The second-order valence-corrected chi connectivity index (χ2v) is 6.17. The number of carbonyl (C=O) groups is 1. The molecule has 0 unspecified atom stereocenters. The number of nitrogens with two attached hydrogens (primary N) is 1. The van der Waals surface area contributed by atoms with Crippen LogP contribution >= 0.6 is 12.2 Å². The van der Waals surface area contributed by atoms with Gasteiger partial charge in [-0.3, -0.25) is 4.79 Å². The zero-order valence-corrected chi connectivity index (χ0v) is 11.4. The molecular formula is C11H13NO4S2. The van der Waals surface area contributed by atoms with Gasteiger partial charge in [0.1, 0.15) is 10.7 Å². The van der Waals surface area contributed by atoms with E-state index in [1.807, 2.05) is 0 Å². The highest BCUT2D eigenvalue weighted by atomic mass is 32.2. The number of hydrogen-bond acceptors (Lipinski definition) is 5. The molecule has 1 rings (SSSR count). The van der Waals surface area contributed by atoms with Gasteiger partial charge in [0.25, 0.3) is 0 Å². The molecule has 0 fully saturated rings. The van der Waals surface area contributed by atoms with Gasteiger partial charge in [-0.2, -0.15) is 0 Å². The van der Waals surface area contributed by atoms with Gasteiger partial charge < -0.3 is 10.5 Å². The van der Waals surface area contributed by atoms with Crippen molar-refractivity contribution in [2.45, 2.75) is 5.75 Å². The third kappa shape index (κ3) is 4.42. The average molecular weight is 287 g/mol. The Bertz CT molecular complexity index is 549. The van der Waals surface area contributed by atoms with Crippen molar-refractivity contribution in [1.29, 1.82) is 0 Å². The molecule has 1 aromatic rings. The van der Waals surface area contributed by atoms with Crippen molar-refractivity contribution in [3.8, 4) is 0 Å². The van der Waals surface area contributed by atoms with Crippen LogP contribution in [0.4, 0.5) is 0 Å². The molecule has 0 heterocycles. The van der Waals surface area contributed by atoms with E-state index in [0.717, 1.165) is 7.11 Å². The minimum atomic E-state index is -3.52. The standard InChI is InChI=1S/C11H13NO4S2/c1-16-10(13)7-18(14,15)6-8-2-4-9(5-3-8)11(12)17/h2-5H,6-7H2,1H3,(H2,12,17). The molecule has 98 valence electrons. The number of ether oxygens (including phenoxy) is 1. The third-order valence-electron chi connectivity index (χ3n) is 2.19. The first kappa shape index (κ1) is 14.6. The second kappa shape index (κ2) is 5.92. The summed E-state index contributed by atoms with van der Waals surface area (Å²) in [5, 5.41) is 0. The topological polar surface area (TPSA) is 86.5 Å². The Morgan fingerprint density at radius 3 is 2.33 bits per heavy atom. The summed E-state index contributed by atoms with van der Waals surface area (Å²) in [5.41, 5.74) is 6.66. The molecule has 0 atom stereocenters. The van der Waals surface area contributed by atoms with Crippen LogP contribution in [0, 0.1) is 0 Å². The minimum Gasteiger partial charge on any atom is -0.468 e. The SMILES string of the molecule is COC(=O)CS(=O)(=O)Cc1ccc(C(N)=S)cc1. The van der Waals surface area contributed by atoms with Crippen molar-refractivity contribution >= 4 is 33.0 Å². The molecule has 7 heteroatoms. The molecule has 1 aromatic carbocycles. The van der Waals surface area contributed by atoms with Gasteiger partial charge in [0.15, 0.2) is 9.84 Å². The van der Waals surface area contributed by atoms with E-state index >= 15 is 0 Å². The van der Waals surface area contributed by atoms with Gasteiger partial charge in [0, 0.05) is 5.56 Å². The van der Waals surface area contributed by atoms with Crippen LogP contribution < -0.4 is 5.73 Å². The van der Waals surface area contributed by atoms with Gasteiger partial charge in [0.2, 0.25) is 0 Å². The summed E-state index contributed by atoms with van der Waals surface area (Å²) >= 11 is 4.79. The number of hydrogen-bond donors (Lipinski definition) is 1. The van der Waals surface area contributed by atoms with Crippen LogP contribution in [0.25, 0.3) is 0 Å². The summed E-state index contributed by atoms with van der Waals surface area (Å²) < 4.78 is 27.6. The van der Waals surface area contributed by atoms with Crippen LogP contribution in [-0.2, 0) is 25.1 Å². The maximum absolute atomic E-state index is 11.6. The van der Waals surface area contributed by atoms with Crippen LogP contribution in [0.1, 0.15) is 11.1 Å². The summed E-state index contributed by atoms with van der Waals surface area (Å²) in [5.74, 6) is -1.62. The van der Waals surface area contributed by atoms with E-state index in [2.05, 4.69) is 4.74 Å². The monoisotopic (exact) mass is 287 g/mol. The molecule has 5 nitrogen and oxygen atoms in total. The van der Waals surface area contributed by atoms with Crippen LogP contribution in [0.5, 0.6) is 0 Å². The van der Waals surface area contributed by atoms with Crippen molar-refractivity contribution in [2.24, 2.45) is 5.73 Å². The number of thiocarbonyl (C=S) groups is 1. The van der Waals surface area contributed by atoms with Gasteiger partial charge >= 0.3 is 5.97 Å². The molecule has 0 saturated carbocycles. The zero-order valence-electron chi connectivity index (χ0n) is 9.75. The zero-order chi connectivity index (χ0) is 13.8. The first-order chi connectivity index (χ1) is 8.34. The van der Waals surface area contributed by atoms with E-state index in [-0.39, 0.29) is 10.7 Å². The molecule has 0 amide bonds. The molecule has 0 saturated heterocycles. The van der Waals surface area contributed by atoms with Gasteiger partial charge in [-0.15, -0.1) is 0 Å². The van der Waals surface area contributed by atoms with Gasteiger partial charge in [-0.05, 0) is 5.56 Å². The molecule has 0 spiro atoms. The summed E-state index contributed by atoms with van der Waals surface area (Å²) in [7, 11) is -2.37. The molecule has 0 aromatic heterocycles. The first-order valence-corrected chi connectivity index (χ1v) is 7.23. The molecule has 2 N–H and O–H groups in total. The van der Waals surface area contributed by atoms with E-state index in [4.69, 9.17) is 18.0 Å². The number of esters is 1.